The molecule has 1 unspecified atom stereocenters. The van der Waals surface area contributed by atoms with Crippen molar-refractivity contribution >= 4 is 29.2 Å². The molecular weight excluding hydrogens is 482 g/mol. The topological polar surface area (TPSA) is 106 Å². The number of aromatic nitrogens is 1. The Morgan fingerprint density at radius 3 is 2.42 bits per heavy atom. The van der Waals surface area contributed by atoms with Crippen LogP contribution in [0.15, 0.2) is 73.1 Å². The van der Waals surface area contributed by atoms with Gasteiger partial charge in [0.25, 0.3) is 5.91 Å². The van der Waals surface area contributed by atoms with Crippen LogP contribution in [0.1, 0.15) is 27.9 Å². The second-order valence-electron chi connectivity index (χ2n) is 9.65. The average Bonchev–Trinajstić information content (AvgIpc) is 3.08. The molecule has 0 aliphatic carbocycles. The second-order valence-corrected chi connectivity index (χ2v) is 9.65. The van der Waals surface area contributed by atoms with E-state index < -0.39 is 12.0 Å². The van der Waals surface area contributed by atoms with Crippen molar-refractivity contribution in [1.82, 2.24) is 14.8 Å². The molecule has 0 spiro atoms. The maximum absolute atomic E-state index is 13.4. The van der Waals surface area contributed by atoms with Gasteiger partial charge in [-0.15, -0.1) is 0 Å². The summed E-state index contributed by atoms with van der Waals surface area (Å²) in [5.41, 5.74) is 4.21. The van der Waals surface area contributed by atoms with Crippen LogP contribution in [0.4, 0.5) is 11.4 Å². The van der Waals surface area contributed by atoms with E-state index in [0.717, 1.165) is 29.9 Å². The normalized spacial score (nSPS) is 17.4. The monoisotopic (exact) mass is 513 g/mol. The Kier molecular flexibility index (Phi) is 7.53. The summed E-state index contributed by atoms with van der Waals surface area (Å²) < 4.78 is 0. The molecule has 0 radical (unpaired) electrons. The number of nitrogens with one attached hydrogen (secondary N) is 1. The van der Waals surface area contributed by atoms with Crippen molar-refractivity contribution in [3.8, 4) is 0 Å². The third-order valence-electron chi connectivity index (χ3n) is 7.14. The fourth-order valence-corrected chi connectivity index (χ4v) is 5.05. The third-order valence-corrected chi connectivity index (χ3v) is 7.14. The minimum atomic E-state index is -1.05. The molecule has 2 N–H and O–H groups in total. The lowest BCUT2D eigenvalue weighted by Gasteiger charge is -2.36. The van der Waals surface area contributed by atoms with Crippen LogP contribution in [0.5, 0.6) is 0 Å². The number of hydrogen-bond donors (Lipinski definition) is 2. The summed E-state index contributed by atoms with van der Waals surface area (Å²) in [5, 5.41) is 12.6. The van der Waals surface area contributed by atoms with E-state index in [-0.39, 0.29) is 18.2 Å². The van der Waals surface area contributed by atoms with Crippen LogP contribution < -0.4 is 10.2 Å². The third kappa shape index (κ3) is 5.77. The number of hydrogen-bond acceptors (Lipinski definition) is 6. The van der Waals surface area contributed by atoms with Crippen LogP contribution in [-0.2, 0) is 22.6 Å². The molecule has 2 aliphatic rings. The lowest BCUT2D eigenvalue weighted by atomic mass is 10.1. The maximum atomic E-state index is 13.4. The van der Waals surface area contributed by atoms with Crippen molar-refractivity contribution in [2.45, 2.75) is 25.4 Å². The molecule has 2 aromatic carbocycles. The predicted octanol–water partition coefficient (Wildman–Crippen LogP) is 2.88. The fraction of sp³-hybridized carbons (Fsp3) is 0.310. The molecule has 2 aliphatic heterocycles. The van der Waals surface area contributed by atoms with E-state index in [2.05, 4.69) is 15.2 Å². The van der Waals surface area contributed by atoms with E-state index >= 15 is 0 Å². The van der Waals surface area contributed by atoms with E-state index in [1.165, 1.54) is 0 Å². The summed E-state index contributed by atoms with van der Waals surface area (Å²) in [5.74, 6) is -1.38. The molecule has 1 atom stereocenters. The first-order valence-corrected chi connectivity index (χ1v) is 12.9. The summed E-state index contributed by atoms with van der Waals surface area (Å²) in [6, 6.07) is 18.3. The number of amides is 2. The lowest BCUT2D eigenvalue weighted by molar-refractivity contribution is -0.141. The molecule has 1 saturated heterocycles. The van der Waals surface area contributed by atoms with Crippen LogP contribution >= 0.6 is 0 Å². The minimum Gasteiger partial charge on any atom is -0.481 e. The zero-order valence-corrected chi connectivity index (χ0v) is 21.1. The molecule has 2 amide bonds. The van der Waals surface area contributed by atoms with Crippen molar-refractivity contribution < 1.29 is 19.5 Å². The molecule has 9 heteroatoms. The number of pyridine rings is 1. The average molecular weight is 514 g/mol. The summed E-state index contributed by atoms with van der Waals surface area (Å²) in [4.78, 5) is 48.1. The zero-order chi connectivity index (χ0) is 26.5. The van der Waals surface area contributed by atoms with E-state index in [0.29, 0.717) is 43.9 Å². The molecule has 5 rings (SSSR count). The van der Waals surface area contributed by atoms with Gasteiger partial charge in [-0.3, -0.25) is 19.4 Å². The molecular formula is C29H31N5O4. The van der Waals surface area contributed by atoms with Crippen LogP contribution in [0.2, 0.25) is 0 Å². The highest BCUT2D eigenvalue weighted by atomic mass is 16.4. The lowest BCUT2D eigenvalue weighted by Crippen LogP contribution is -2.48. The Balaban J connectivity index is 1.31. The number of nitrogens with zero attached hydrogens (tertiary/aromatic N) is 4. The number of carbonyl (C=O) groups excluding carboxylic acids is 2. The standard InChI is InChI=1S/C29H31N5O4/c35-27(36)19-26-29(38)34(13-10-21-4-2-1-3-5-21)20-23-7-6-22(18-25(23)31-26)28(37)33-16-14-32(15-17-33)24-8-11-30-12-9-24/h1-9,11-12,18,26,31H,10,13-17,19-20H2,(H,35,36). The van der Waals surface area contributed by atoms with Crippen molar-refractivity contribution in [1.29, 1.82) is 0 Å². The van der Waals surface area contributed by atoms with Crippen LogP contribution in [0, 0.1) is 0 Å². The van der Waals surface area contributed by atoms with Gasteiger partial charge in [0.1, 0.15) is 6.04 Å². The Morgan fingerprint density at radius 1 is 0.974 bits per heavy atom. The van der Waals surface area contributed by atoms with Crippen LogP contribution in [-0.4, -0.2) is 76.4 Å². The van der Waals surface area contributed by atoms with Gasteiger partial charge in [0, 0.05) is 68.6 Å². The Morgan fingerprint density at radius 2 is 1.71 bits per heavy atom. The number of carboxylic acids is 1. The Hall–Kier alpha value is -4.40. The van der Waals surface area contributed by atoms with Gasteiger partial charge in [0.05, 0.1) is 6.42 Å². The van der Waals surface area contributed by atoms with Gasteiger partial charge in [-0.2, -0.15) is 0 Å². The predicted molar refractivity (Wildman–Crippen MR) is 144 cm³/mol. The quantitative estimate of drug-likeness (QED) is 0.500. The van der Waals surface area contributed by atoms with Crippen LogP contribution in [0.25, 0.3) is 0 Å². The number of aliphatic carboxylic acids is 1. The molecule has 38 heavy (non-hydrogen) atoms. The number of piperazine rings is 1. The Bertz CT molecular complexity index is 1290. The number of carbonyl (C=O) groups is 3. The van der Waals surface area contributed by atoms with Crippen molar-refractivity contribution in [2.24, 2.45) is 0 Å². The number of carboxylic acid groups (broad SMARTS) is 1. The smallest absolute Gasteiger partial charge is 0.305 e. The minimum absolute atomic E-state index is 0.0738. The molecule has 0 bridgehead atoms. The van der Waals surface area contributed by atoms with Crippen molar-refractivity contribution in [3.05, 3.63) is 89.7 Å². The SMILES string of the molecule is O=C(O)CC1Nc2cc(C(=O)N3CCN(c4ccncc4)CC3)ccc2CN(CCc2ccccc2)C1=O. The van der Waals surface area contributed by atoms with Gasteiger partial charge in [0.15, 0.2) is 0 Å². The zero-order valence-electron chi connectivity index (χ0n) is 21.1. The van der Waals surface area contributed by atoms with Gasteiger partial charge >= 0.3 is 5.97 Å². The molecule has 9 nitrogen and oxygen atoms in total. The maximum Gasteiger partial charge on any atom is 0.305 e. The van der Waals surface area contributed by atoms with Gasteiger partial charge in [0.2, 0.25) is 5.91 Å². The number of rotatable bonds is 7. The van der Waals surface area contributed by atoms with Gasteiger partial charge in [-0.1, -0.05) is 36.4 Å². The molecule has 3 aromatic rings. The largest absolute Gasteiger partial charge is 0.481 e. The first kappa shape index (κ1) is 25.3. The van der Waals surface area contributed by atoms with E-state index in [1.807, 2.05) is 53.4 Å². The molecule has 196 valence electrons. The van der Waals surface area contributed by atoms with Crippen molar-refractivity contribution in [2.75, 3.05) is 42.9 Å². The van der Waals surface area contributed by atoms with Gasteiger partial charge in [-0.05, 0) is 41.8 Å². The number of anilines is 2. The fourth-order valence-electron chi connectivity index (χ4n) is 5.05. The summed E-state index contributed by atoms with van der Waals surface area (Å²) in [6.07, 6.45) is 3.86. The number of fused-ring (bicyclic) bond motifs is 1. The summed E-state index contributed by atoms with van der Waals surface area (Å²) in [7, 11) is 0. The molecule has 3 heterocycles. The first-order chi connectivity index (χ1) is 18.5. The number of benzene rings is 2. The molecule has 1 fully saturated rings. The van der Waals surface area contributed by atoms with Crippen molar-refractivity contribution in [3.63, 3.8) is 0 Å². The van der Waals surface area contributed by atoms with E-state index in [4.69, 9.17) is 0 Å². The second kappa shape index (κ2) is 11.3. The molecule has 0 saturated carbocycles. The Labute approximate surface area is 221 Å². The highest BCUT2D eigenvalue weighted by Gasteiger charge is 2.31. The highest BCUT2D eigenvalue weighted by molar-refractivity contribution is 5.96. The molecule has 1 aromatic heterocycles. The van der Waals surface area contributed by atoms with Gasteiger partial charge in [-0.25, -0.2) is 0 Å². The van der Waals surface area contributed by atoms with E-state index in [1.54, 1.807) is 29.4 Å². The summed E-state index contributed by atoms with van der Waals surface area (Å²) in [6.45, 7) is 3.47. The van der Waals surface area contributed by atoms with Gasteiger partial charge < -0.3 is 25.1 Å². The van der Waals surface area contributed by atoms with Crippen LogP contribution in [0.3, 0.4) is 0 Å². The first-order valence-electron chi connectivity index (χ1n) is 12.9. The summed E-state index contributed by atoms with van der Waals surface area (Å²) >= 11 is 0. The van der Waals surface area contributed by atoms with E-state index in [9.17, 15) is 19.5 Å². The highest BCUT2D eigenvalue weighted by Crippen LogP contribution is 2.27.